The van der Waals surface area contributed by atoms with Gasteiger partial charge in [-0.05, 0) is 18.8 Å². The highest BCUT2D eigenvalue weighted by molar-refractivity contribution is 7.93. The summed E-state index contributed by atoms with van der Waals surface area (Å²) in [6, 6.07) is -1.14. The first-order chi connectivity index (χ1) is 7.61. The first-order valence-corrected chi connectivity index (χ1v) is 8.72. The second-order valence-electron chi connectivity index (χ2n) is 4.22. The summed E-state index contributed by atoms with van der Waals surface area (Å²) in [6.45, 7) is 0. The Morgan fingerprint density at radius 1 is 1.29 bits per heavy atom. The van der Waals surface area contributed by atoms with Crippen molar-refractivity contribution in [2.45, 2.75) is 18.9 Å². The number of sulfone groups is 1. The molecule has 0 bridgehead atoms. The topological polar surface area (TPSA) is 118 Å². The number of sulfonamides is 1. The second kappa shape index (κ2) is 4.91. The van der Waals surface area contributed by atoms with E-state index in [1.54, 1.807) is 0 Å². The van der Waals surface area contributed by atoms with E-state index in [1.165, 1.54) is 0 Å². The summed E-state index contributed by atoms with van der Waals surface area (Å²) in [4.78, 5) is 10.8. The highest BCUT2D eigenvalue weighted by atomic mass is 32.2. The van der Waals surface area contributed by atoms with E-state index < -0.39 is 43.4 Å². The zero-order valence-electron chi connectivity index (χ0n) is 9.29. The van der Waals surface area contributed by atoms with Crippen LogP contribution >= 0.6 is 0 Å². The molecule has 0 saturated heterocycles. The molecule has 1 rings (SSSR count). The number of carboxylic acids is 1. The first-order valence-electron chi connectivity index (χ1n) is 5.01. The maximum Gasteiger partial charge on any atom is 0.322 e. The number of nitrogens with one attached hydrogen (secondary N) is 1. The van der Waals surface area contributed by atoms with Crippen molar-refractivity contribution < 1.29 is 26.7 Å². The van der Waals surface area contributed by atoms with Crippen molar-refractivity contribution in [2.24, 2.45) is 5.92 Å². The maximum absolute atomic E-state index is 11.5. The van der Waals surface area contributed by atoms with Crippen LogP contribution in [0.25, 0.3) is 0 Å². The molecule has 1 fully saturated rings. The molecule has 1 unspecified atom stereocenters. The normalized spacial score (nSPS) is 18.9. The fourth-order valence-electron chi connectivity index (χ4n) is 1.29. The quantitative estimate of drug-likeness (QED) is 0.607. The number of carbonyl (C=O) groups is 1. The van der Waals surface area contributed by atoms with Crippen molar-refractivity contribution in [2.75, 3.05) is 17.8 Å². The molecule has 17 heavy (non-hydrogen) atoms. The smallest absolute Gasteiger partial charge is 0.322 e. The van der Waals surface area contributed by atoms with Crippen LogP contribution in [-0.4, -0.2) is 51.7 Å². The van der Waals surface area contributed by atoms with Crippen molar-refractivity contribution in [3.63, 3.8) is 0 Å². The van der Waals surface area contributed by atoms with Gasteiger partial charge in [0.1, 0.15) is 15.9 Å². The van der Waals surface area contributed by atoms with E-state index in [9.17, 15) is 21.6 Å². The van der Waals surface area contributed by atoms with Crippen molar-refractivity contribution in [1.29, 1.82) is 0 Å². The van der Waals surface area contributed by atoms with Crippen LogP contribution in [0.1, 0.15) is 12.8 Å². The molecule has 1 saturated carbocycles. The lowest BCUT2D eigenvalue weighted by Crippen LogP contribution is -2.44. The summed E-state index contributed by atoms with van der Waals surface area (Å²) in [6.07, 6.45) is 2.27. The highest BCUT2D eigenvalue weighted by Crippen LogP contribution is 2.33. The monoisotopic (exact) mass is 285 g/mol. The molecule has 1 atom stereocenters. The zero-order valence-corrected chi connectivity index (χ0v) is 10.9. The number of rotatable bonds is 7. The fraction of sp³-hybridized carbons (Fsp3) is 0.875. The molecule has 0 aliphatic heterocycles. The number of hydrogen-bond acceptors (Lipinski definition) is 5. The Balaban J connectivity index is 2.61. The summed E-state index contributed by atoms with van der Waals surface area (Å²) in [5.74, 6) is -2.53. The van der Waals surface area contributed by atoms with Gasteiger partial charge in [-0.2, -0.15) is 0 Å². The van der Waals surface area contributed by atoms with E-state index in [-0.39, 0.29) is 5.92 Å². The lowest BCUT2D eigenvalue weighted by atomic mass is 10.2. The second-order valence-corrected chi connectivity index (χ2v) is 8.35. The molecule has 0 aromatic rings. The third kappa shape index (κ3) is 5.46. The lowest BCUT2D eigenvalue weighted by molar-refractivity contribution is -0.139. The highest BCUT2D eigenvalue weighted by Gasteiger charge is 2.38. The Hall–Kier alpha value is -0.670. The van der Waals surface area contributed by atoms with E-state index in [2.05, 4.69) is 0 Å². The maximum atomic E-state index is 11.5. The molecule has 1 aliphatic carbocycles. The van der Waals surface area contributed by atoms with Crippen molar-refractivity contribution in [3.8, 4) is 0 Å². The average Bonchev–Trinajstić information content (AvgIpc) is 2.93. The summed E-state index contributed by atoms with van der Waals surface area (Å²) in [5, 5.41) is 8.83. The molecule has 9 heteroatoms. The minimum atomic E-state index is -3.87. The van der Waals surface area contributed by atoms with Crippen molar-refractivity contribution >= 4 is 25.8 Å². The molecule has 0 amide bonds. The first kappa shape index (κ1) is 14.4. The van der Waals surface area contributed by atoms with Crippen molar-refractivity contribution in [1.82, 2.24) is 4.72 Å². The van der Waals surface area contributed by atoms with Gasteiger partial charge in [-0.3, -0.25) is 4.79 Å². The predicted octanol–water partition coefficient (Wildman–Crippen LogP) is -1.19. The molecule has 2 N–H and O–H groups in total. The van der Waals surface area contributed by atoms with Gasteiger partial charge in [0.15, 0.2) is 0 Å². The zero-order chi connectivity index (χ0) is 13.3. The van der Waals surface area contributed by atoms with Crippen LogP contribution < -0.4 is 4.72 Å². The standard InChI is InChI=1S/C8H15NO6S2/c1-16(12,13)4-5-17(14,15)9-7(8(10)11)6-2-3-6/h6-7,9H,2-5H2,1H3,(H,10,11). The van der Waals surface area contributed by atoms with Crippen LogP contribution in [0, 0.1) is 5.92 Å². The van der Waals surface area contributed by atoms with Gasteiger partial charge in [-0.15, -0.1) is 0 Å². The van der Waals surface area contributed by atoms with Crippen LogP contribution in [0.15, 0.2) is 0 Å². The van der Waals surface area contributed by atoms with E-state index in [1.807, 2.05) is 4.72 Å². The molecule has 0 aromatic heterocycles. The minimum Gasteiger partial charge on any atom is -0.480 e. The molecule has 0 spiro atoms. The molecular formula is C8H15NO6S2. The Morgan fingerprint density at radius 3 is 2.18 bits per heavy atom. The van der Waals surface area contributed by atoms with Gasteiger partial charge in [0.25, 0.3) is 0 Å². The molecule has 0 heterocycles. The number of carboxylic acid groups (broad SMARTS) is 1. The summed E-state index contributed by atoms with van der Waals surface area (Å²) < 4.78 is 46.7. The molecule has 0 radical (unpaired) electrons. The van der Waals surface area contributed by atoms with Gasteiger partial charge < -0.3 is 5.11 Å². The molecule has 7 nitrogen and oxygen atoms in total. The van der Waals surface area contributed by atoms with Gasteiger partial charge in [-0.25, -0.2) is 21.6 Å². The number of aliphatic carboxylic acids is 1. The predicted molar refractivity (Wildman–Crippen MR) is 60.8 cm³/mol. The van der Waals surface area contributed by atoms with Crippen LogP contribution in [0.3, 0.4) is 0 Å². The third-order valence-electron chi connectivity index (χ3n) is 2.39. The molecule has 1 aliphatic rings. The van der Waals surface area contributed by atoms with Gasteiger partial charge in [0, 0.05) is 6.26 Å². The Morgan fingerprint density at radius 2 is 1.82 bits per heavy atom. The molecule has 100 valence electrons. The van der Waals surface area contributed by atoms with Gasteiger partial charge in [-0.1, -0.05) is 0 Å². The fourth-order valence-corrected chi connectivity index (χ4v) is 4.18. The van der Waals surface area contributed by atoms with Crippen LogP contribution in [0.5, 0.6) is 0 Å². The van der Waals surface area contributed by atoms with E-state index in [0.717, 1.165) is 6.26 Å². The third-order valence-corrected chi connectivity index (χ3v) is 4.95. The van der Waals surface area contributed by atoms with Crippen LogP contribution in [0.2, 0.25) is 0 Å². The Bertz CT molecular complexity index is 490. The van der Waals surface area contributed by atoms with E-state index in [4.69, 9.17) is 5.11 Å². The average molecular weight is 285 g/mol. The van der Waals surface area contributed by atoms with Gasteiger partial charge in [0.2, 0.25) is 10.0 Å². The molecular weight excluding hydrogens is 270 g/mol. The summed E-state index contributed by atoms with van der Waals surface area (Å²) in [5.41, 5.74) is 0. The minimum absolute atomic E-state index is 0.180. The summed E-state index contributed by atoms with van der Waals surface area (Å²) in [7, 11) is -7.26. The number of hydrogen-bond donors (Lipinski definition) is 2. The summed E-state index contributed by atoms with van der Waals surface area (Å²) >= 11 is 0. The van der Waals surface area contributed by atoms with E-state index in [0.29, 0.717) is 12.8 Å². The largest absolute Gasteiger partial charge is 0.480 e. The van der Waals surface area contributed by atoms with Gasteiger partial charge in [0.05, 0.1) is 11.5 Å². The SMILES string of the molecule is CS(=O)(=O)CCS(=O)(=O)NC(C(=O)O)C1CC1. The van der Waals surface area contributed by atoms with Crippen LogP contribution in [0.4, 0.5) is 0 Å². The van der Waals surface area contributed by atoms with Crippen LogP contribution in [-0.2, 0) is 24.7 Å². The Labute approximate surface area is 100 Å². The molecule has 0 aromatic carbocycles. The van der Waals surface area contributed by atoms with E-state index >= 15 is 0 Å². The Kier molecular flexibility index (Phi) is 4.15. The van der Waals surface area contributed by atoms with Crippen molar-refractivity contribution in [3.05, 3.63) is 0 Å². The van der Waals surface area contributed by atoms with Gasteiger partial charge >= 0.3 is 5.97 Å². The lowest BCUT2D eigenvalue weighted by Gasteiger charge is -2.13.